The van der Waals surface area contributed by atoms with Crippen molar-refractivity contribution in [1.29, 1.82) is 0 Å². The molecule has 4 aromatic rings. The first-order valence-electron chi connectivity index (χ1n) is 13.3. The predicted molar refractivity (Wildman–Crippen MR) is 142 cm³/mol. The number of likely N-dealkylation sites (tertiary alicyclic amines) is 1. The molecule has 0 bridgehead atoms. The molecule has 6 rings (SSSR count). The van der Waals surface area contributed by atoms with Crippen molar-refractivity contribution in [3.8, 4) is 5.88 Å². The summed E-state index contributed by atoms with van der Waals surface area (Å²) in [6.07, 6.45) is 3.17. The Morgan fingerprint density at radius 2 is 1.89 bits per heavy atom. The summed E-state index contributed by atoms with van der Waals surface area (Å²) >= 11 is 0. The van der Waals surface area contributed by atoms with E-state index in [9.17, 15) is 9.90 Å². The van der Waals surface area contributed by atoms with Gasteiger partial charge in [-0.15, -0.1) is 5.10 Å². The number of fused-ring (bicyclic) bond motifs is 1. The SMILES string of the molecule is Cc1cc(OCc2ccccc2)nn1C1CCN(Cc2nc3ccc(C(=O)O)cc3n2C[C@@H]2CCO2)CC1. The van der Waals surface area contributed by atoms with Crippen LogP contribution in [0, 0.1) is 6.92 Å². The van der Waals surface area contributed by atoms with E-state index in [1.165, 1.54) is 0 Å². The van der Waals surface area contributed by atoms with Gasteiger partial charge in [0.05, 0.1) is 41.8 Å². The Morgan fingerprint density at radius 3 is 2.61 bits per heavy atom. The third-order valence-electron chi connectivity index (χ3n) is 7.65. The van der Waals surface area contributed by atoms with Crippen molar-refractivity contribution >= 4 is 17.0 Å². The number of aromatic carboxylic acids is 1. The number of ether oxygens (including phenoxy) is 2. The Morgan fingerprint density at radius 1 is 1.11 bits per heavy atom. The molecule has 4 heterocycles. The van der Waals surface area contributed by atoms with Gasteiger partial charge < -0.3 is 19.1 Å². The summed E-state index contributed by atoms with van der Waals surface area (Å²) in [5, 5.41) is 14.3. The van der Waals surface area contributed by atoms with Crippen molar-refractivity contribution in [2.24, 2.45) is 0 Å². The van der Waals surface area contributed by atoms with E-state index in [0.717, 1.165) is 73.6 Å². The van der Waals surface area contributed by atoms with Gasteiger partial charge in [0.25, 0.3) is 0 Å². The molecular weight excluding hydrogens is 482 g/mol. The zero-order valence-electron chi connectivity index (χ0n) is 21.6. The summed E-state index contributed by atoms with van der Waals surface area (Å²) in [6, 6.07) is 17.7. The van der Waals surface area contributed by atoms with E-state index in [1.807, 2.05) is 30.3 Å². The number of hydrogen-bond donors (Lipinski definition) is 1. The second-order valence-corrected chi connectivity index (χ2v) is 10.3. The Kier molecular flexibility index (Phi) is 6.86. The van der Waals surface area contributed by atoms with Gasteiger partial charge in [0.1, 0.15) is 12.4 Å². The lowest BCUT2D eigenvalue weighted by molar-refractivity contribution is -0.0592. The molecule has 1 N–H and O–H groups in total. The van der Waals surface area contributed by atoms with E-state index < -0.39 is 5.97 Å². The minimum Gasteiger partial charge on any atom is -0.478 e. The van der Waals surface area contributed by atoms with Gasteiger partial charge in [-0.1, -0.05) is 30.3 Å². The molecule has 9 nitrogen and oxygen atoms in total. The van der Waals surface area contributed by atoms with E-state index >= 15 is 0 Å². The van der Waals surface area contributed by atoms with Crippen LogP contribution in [0.5, 0.6) is 5.88 Å². The summed E-state index contributed by atoms with van der Waals surface area (Å²) < 4.78 is 15.9. The molecule has 2 aromatic carbocycles. The molecular formula is C29H33N5O4. The van der Waals surface area contributed by atoms with Gasteiger partial charge in [-0.2, -0.15) is 0 Å². The van der Waals surface area contributed by atoms with Crippen LogP contribution < -0.4 is 4.74 Å². The quantitative estimate of drug-likeness (QED) is 0.352. The number of nitrogens with zero attached hydrogens (tertiary/aromatic N) is 5. The molecule has 0 spiro atoms. The smallest absolute Gasteiger partial charge is 0.335 e. The van der Waals surface area contributed by atoms with Gasteiger partial charge in [0.2, 0.25) is 5.88 Å². The molecule has 198 valence electrons. The van der Waals surface area contributed by atoms with Crippen molar-refractivity contribution in [3.63, 3.8) is 0 Å². The van der Waals surface area contributed by atoms with Crippen LogP contribution >= 0.6 is 0 Å². The number of aryl methyl sites for hydroxylation is 1. The van der Waals surface area contributed by atoms with Crippen LogP contribution in [-0.2, 0) is 24.4 Å². The van der Waals surface area contributed by atoms with Crippen LogP contribution in [0.2, 0.25) is 0 Å². The number of hydrogen-bond acceptors (Lipinski definition) is 6. The number of imidazole rings is 1. The van der Waals surface area contributed by atoms with E-state index in [1.54, 1.807) is 12.1 Å². The van der Waals surface area contributed by atoms with Crippen molar-refractivity contribution in [2.75, 3.05) is 19.7 Å². The van der Waals surface area contributed by atoms with E-state index in [2.05, 4.69) is 33.2 Å². The van der Waals surface area contributed by atoms with Crippen LogP contribution in [0.25, 0.3) is 11.0 Å². The zero-order valence-corrected chi connectivity index (χ0v) is 21.6. The van der Waals surface area contributed by atoms with Crippen LogP contribution in [0.3, 0.4) is 0 Å². The Bertz CT molecular complexity index is 1420. The van der Waals surface area contributed by atoms with E-state index in [-0.39, 0.29) is 11.7 Å². The van der Waals surface area contributed by atoms with Gasteiger partial charge >= 0.3 is 5.97 Å². The molecule has 1 atom stereocenters. The first-order valence-corrected chi connectivity index (χ1v) is 13.3. The highest BCUT2D eigenvalue weighted by Gasteiger charge is 2.26. The number of piperidine rings is 1. The molecule has 0 amide bonds. The Labute approximate surface area is 221 Å². The van der Waals surface area contributed by atoms with Gasteiger partial charge in [0, 0.05) is 31.5 Å². The predicted octanol–water partition coefficient (Wildman–Crippen LogP) is 4.44. The second-order valence-electron chi connectivity index (χ2n) is 10.3. The van der Waals surface area contributed by atoms with Gasteiger partial charge in [-0.05, 0) is 49.9 Å². The monoisotopic (exact) mass is 515 g/mol. The highest BCUT2D eigenvalue weighted by Crippen LogP contribution is 2.28. The molecule has 2 aliphatic heterocycles. The summed E-state index contributed by atoms with van der Waals surface area (Å²) in [4.78, 5) is 18.9. The highest BCUT2D eigenvalue weighted by atomic mass is 16.5. The van der Waals surface area contributed by atoms with Gasteiger partial charge in [0.15, 0.2) is 0 Å². The number of aromatic nitrogens is 4. The fourth-order valence-electron chi connectivity index (χ4n) is 5.41. The topological polar surface area (TPSA) is 94.6 Å². The normalized spacial score (nSPS) is 18.5. The largest absolute Gasteiger partial charge is 0.478 e. The lowest BCUT2D eigenvalue weighted by Crippen LogP contribution is -2.36. The molecule has 2 saturated heterocycles. The third-order valence-corrected chi connectivity index (χ3v) is 7.65. The average Bonchev–Trinajstić information content (AvgIpc) is 3.44. The Balaban J connectivity index is 1.12. The molecule has 38 heavy (non-hydrogen) atoms. The summed E-state index contributed by atoms with van der Waals surface area (Å²) in [6.45, 7) is 6.68. The van der Waals surface area contributed by atoms with Crippen LogP contribution in [0.1, 0.15) is 52.7 Å². The molecule has 0 aliphatic carbocycles. The maximum Gasteiger partial charge on any atom is 0.335 e. The average molecular weight is 516 g/mol. The first-order chi connectivity index (χ1) is 18.5. The third kappa shape index (κ3) is 5.16. The summed E-state index contributed by atoms with van der Waals surface area (Å²) in [7, 11) is 0. The zero-order chi connectivity index (χ0) is 26.1. The second kappa shape index (κ2) is 10.6. The fraction of sp³-hybridized carbons (Fsp3) is 0.414. The fourth-order valence-corrected chi connectivity index (χ4v) is 5.41. The van der Waals surface area contributed by atoms with Crippen molar-refractivity contribution < 1.29 is 19.4 Å². The number of rotatable bonds is 9. The number of benzene rings is 2. The van der Waals surface area contributed by atoms with Gasteiger partial charge in [-0.3, -0.25) is 9.58 Å². The maximum absolute atomic E-state index is 11.6. The minimum absolute atomic E-state index is 0.159. The van der Waals surface area contributed by atoms with Crippen LogP contribution in [-0.4, -0.2) is 61.1 Å². The van der Waals surface area contributed by atoms with E-state index in [4.69, 9.17) is 19.6 Å². The van der Waals surface area contributed by atoms with Crippen LogP contribution in [0.15, 0.2) is 54.6 Å². The lowest BCUT2D eigenvalue weighted by atomic mass is 10.0. The molecule has 0 saturated carbocycles. The summed E-state index contributed by atoms with van der Waals surface area (Å²) in [5.74, 6) is 0.704. The highest BCUT2D eigenvalue weighted by molar-refractivity contribution is 5.92. The van der Waals surface area contributed by atoms with Crippen molar-refractivity contribution in [1.82, 2.24) is 24.2 Å². The molecule has 0 radical (unpaired) electrons. The number of carboxylic acids is 1. The number of carboxylic acid groups (broad SMARTS) is 1. The van der Waals surface area contributed by atoms with Gasteiger partial charge in [-0.25, -0.2) is 9.78 Å². The standard InChI is InChI=1S/C29H33N5O4/c1-20-15-28(38-19-21-5-3-2-4-6-21)31-34(20)23-9-12-32(13-10-23)18-27-30-25-8-7-22(29(35)36)16-26(25)33(27)17-24-11-14-37-24/h2-8,15-16,23-24H,9-14,17-19H2,1H3,(H,35,36)/t24-/m0/s1. The van der Waals surface area contributed by atoms with E-state index in [0.29, 0.717) is 25.1 Å². The van der Waals surface area contributed by atoms with Crippen molar-refractivity contribution in [3.05, 3.63) is 77.2 Å². The molecule has 2 fully saturated rings. The minimum atomic E-state index is -0.925. The molecule has 2 aliphatic rings. The Hall–Kier alpha value is -3.69. The molecule has 0 unspecified atom stereocenters. The molecule has 9 heteroatoms. The lowest BCUT2D eigenvalue weighted by Gasteiger charge is -2.33. The maximum atomic E-state index is 11.6. The number of carbonyl (C=O) groups is 1. The first kappa shape index (κ1) is 24.6. The van der Waals surface area contributed by atoms with Crippen molar-refractivity contribution in [2.45, 2.75) is 58.0 Å². The molecule has 2 aromatic heterocycles. The van der Waals surface area contributed by atoms with Crippen LogP contribution in [0.4, 0.5) is 0 Å². The summed E-state index contributed by atoms with van der Waals surface area (Å²) in [5.41, 5.74) is 4.21.